The first-order valence-corrected chi connectivity index (χ1v) is 13.5. The molecule has 1 aliphatic carbocycles. The third-order valence-electron chi connectivity index (χ3n) is 6.40. The van der Waals surface area contributed by atoms with Gasteiger partial charge in [0.2, 0.25) is 13.3 Å². The maximum atomic E-state index is 15.0. The minimum absolute atomic E-state index is 0.0265. The molecule has 0 unspecified atom stereocenters. The van der Waals surface area contributed by atoms with Gasteiger partial charge in [-0.05, 0) is 12.8 Å². The third-order valence-corrected chi connectivity index (χ3v) is 8.84. The number of nitrogens with one attached hydrogen (secondary N) is 1. The van der Waals surface area contributed by atoms with Gasteiger partial charge in [-0.15, -0.1) is 0 Å². The highest BCUT2D eigenvalue weighted by Crippen LogP contribution is 2.52. The van der Waals surface area contributed by atoms with Gasteiger partial charge in [0.1, 0.15) is 11.8 Å². The molecule has 0 aromatic heterocycles. The quantitative estimate of drug-likeness (QED) is 0.616. The van der Waals surface area contributed by atoms with Gasteiger partial charge in [0.05, 0.1) is 24.9 Å². The highest BCUT2D eigenvalue weighted by Gasteiger charge is 2.36. The fraction of sp³-hybridized carbons (Fsp3) is 0.636. The van der Waals surface area contributed by atoms with Gasteiger partial charge >= 0.3 is 6.09 Å². The van der Waals surface area contributed by atoms with Crippen molar-refractivity contribution in [1.82, 2.24) is 5.32 Å². The Morgan fingerprint density at radius 2 is 1.82 bits per heavy atom. The van der Waals surface area contributed by atoms with Crippen LogP contribution in [-0.2, 0) is 18.6 Å². The summed E-state index contributed by atoms with van der Waals surface area (Å²) < 4.78 is 54.2. The van der Waals surface area contributed by atoms with Gasteiger partial charge in [0, 0.05) is 44.5 Å². The first-order valence-electron chi connectivity index (χ1n) is 11.5. The minimum atomic E-state index is -2.81. The van der Waals surface area contributed by atoms with E-state index in [-0.39, 0.29) is 61.9 Å². The predicted molar refractivity (Wildman–Crippen MR) is 120 cm³/mol. The Morgan fingerprint density at radius 1 is 1.18 bits per heavy atom. The van der Waals surface area contributed by atoms with Gasteiger partial charge < -0.3 is 19.5 Å². The Balaban J connectivity index is 1.40. The second-order valence-electron chi connectivity index (χ2n) is 8.93. The van der Waals surface area contributed by atoms with Crippen molar-refractivity contribution in [3.05, 3.63) is 23.8 Å². The van der Waals surface area contributed by atoms with Crippen LogP contribution in [0, 0.1) is 11.6 Å². The van der Waals surface area contributed by atoms with Crippen molar-refractivity contribution in [2.75, 3.05) is 48.3 Å². The second-order valence-corrected chi connectivity index (χ2v) is 11.7. The number of hydrogen-bond acceptors (Lipinski definition) is 6. The molecule has 2 amide bonds. The summed E-state index contributed by atoms with van der Waals surface area (Å²) in [5, 5.41) is 2.56. The van der Waals surface area contributed by atoms with Crippen LogP contribution in [-0.4, -0.2) is 62.7 Å². The van der Waals surface area contributed by atoms with Crippen molar-refractivity contribution in [2.24, 2.45) is 0 Å². The maximum Gasteiger partial charge on any atom is 0.414 e. The zero-order chi connectivity index (χ0) is 23.6. The van der Waals surface area contributed by atoms with Crippen LogP contribution in [0.4, 0.5) is 25.0 Å². The molecule has 2 heterocycles. The fourth-order valence-corrected chi connectivity index (χ4v) is 6.93. The summed E-state index contributed by atoms with van der Waals surface area (Å²) in [7, 11) is -2.81. The lowest BCUT2D eigenvalue weighted by Crippen LogP contribution is -2.37. The van der Waals surface area contributed by atoms with Crippen molar-refractivity contribution in [3.8, 4) is 0 Å². The number of cyclic esters (lactones) is 1. The average Bonchev–Trinajstić information content (AvgIpc) is 3.14. The Hall–Kier alpha value is -2.19. The SMILES string of the molecule is CC(=O)NC[C@H]1CN(c2cc(F)c(N3CCP(=O)(OC4CCCCC4)CC3)c(F)c2)C(=O)O1. The van der Waals surface area contributed by atoms with E-state index in [0.29, 0.717) is 0 Å². The van der Waals surface area contributed by atoms with Gasteiger partial charge in [0.25, 0.3) is 0 Å². The molecule has 33 heavy (non-hydrogen) atoms. The zero-order valence-corrected chi connectivity index (χ0v) is 19.6. The molecule has 11 heteroatoms. The highest BCUT2D eigenvalue weighted by molar-refractivity contribution is 7.59. The predicted octanol–water partition coefficient (Wildman–Crippen LogP) is 3.87. The molecule has 0 radical (unpaired) electrons. The molecule has 182 valence electrons. The number of amides is 2. The number of carbonyl (C=O) groups excluding carboxylic acids is 2. The van der Waals surface area contributed by atoms with E-state index in [0.717, 1.165) is 42.7 Å². The van der Waals surface area contributed by atoms with Gasteiger partial charge in [-0.25, -0.2) is 13.6 Å². The van der Waals surface area contributed by atoms with E-state index >= 15 is 0 Å². The van der Waals surface area contributed by atoms with Crippen LogP contribution < -0.4 is 15.1 Å². The molecule has 2 saturated heterocycles. The maximum absolute atomic E-state index is 15.0. The van der Waals surface area contributed by atoms with Crippen molar-refractivity contribution < 1.29 is 32.2 Å². The van der Waals surface area contributed by atoms with E-state index in [9.17, 15) is 22.9 Å². The second kappa shape index (κ2) is 9.97. The molecule has 1 N–H and O–H groups in total. The molecule has 8 nitrogen and oxygen atoms in total. The number of anilines is 2. The summed E-state index contributed by atoms with van der Waals surface area (Å²) >= 11 is 0. The number of benzene rings is 1. The van der Waals surface area contributed by atoms with Crippen LogP contribution in [0.2, 0.25) is 0 Å². The number of nitrogens with zero attached hydrogens (tertiary/aromatic N) is 2. The summed E-state index contributed by atoms with van der Waals surface area (Å²) in [5.41, 5.74) is -0.141. The minimum Gasteiger partial charge on any atom is -0.442 e. The Labute approximate surface area is 192 Å². The first kappa shape index (κ1) is 24.0. The smallest absolute Gasteiger partial charge is 0.414 e. The molecule has 1 aromatic rings. The molecule has 1 atom stereocenters. The van der Waals surface area contributed by atoms with Crippen LogP contribution in [0.25, 0.3) is 0 Å². The van der Waals surface area contributed by atoms with E-state index < -0.39 is 31.2 Å². The van der Waals surface area contributed by atoms with Crippen LogP contribution in [0.1, 0.15) is 39.0 Å². The van der Waals surface area contributed by atoms with Crippen LogP contribution in [0.15, 0.2) is 12.1 Å². The lowest BCUT2D eigenvalue weighted by atomic mass is 9.98. The van der Waals surface area contributed by atoms with Crippen LogP contribution in [0.5, 0.6) is 0 Å². The molecule has 0 spiro atoms. The Kier molecular flexibility index (Phi) is 7.24. The molecule has 4 rings (SSSR count). The third kappa shape index (κ3) is 5.66. The zero-order valence-electron chi connectivity index (χ0n) is 18.7. The normalized spacial score (nSPS) is 23.5. The van der Waals surface area contributed by atoms with Crippen molar-refractivity contribution in [2.45, 2.75) is 51.2 Å². The summed E-state index contributed by atoms with van der Waals surface area (Å²) in [6, 6.07) is 2.21. The lowest BCUT2D eigenvalue weighted by Gasteiger charge is -2.36. The molecule has 3 aliphatic rings. The molecule has 1 saturated carbocycles. The van der Waals surface area contributed by atoms with Crippen molar-refractivity contribution >= 4 is 30.7 Å². The fourth-order valence-electron chi connectivity index (χ4n) is 4.65. The largest absolute Gasteiger partial charge is 0.442 e. The highest BCUT2D eigenvalue weighted by atomic mass is 31.2. The van der Waals surface area contributed by atoms with E-state index in [1.807, 2.05) is 0 Å². The number of carbonyl (C=O) groups is 2. The lowest BCUT2D eigenvalue weighted by molar-refractivity contribution is -0.119. The van der Waals surface area contributed by atoms with Crippen molar-refractivity contribution in [1.29, 1.82) is 0 Å². The number of rotatable bonds is 6. The monoisotopic (exact) mass is 485 g/mol. The topological polar surface area (TPSA) is 88.2 Å². The first-order chi connectivity index (χ1) is 15.7. The molecular weight excluding hydrogens is 455 g/mol. The summed E-state index contributed by atoms with van der Waals surface area (Å²) in [6.45, 7) is 2.02. The number of ether oxygens (including phenoxy) is 1. The average molecular weight is 485 g/mol. The molecule has 3 fully saturated rings. The van der Waals surface area contributed by atoms with Gasteiger partial charge in [-0.3, -0.25) is 14.3 Å². The van der Waals surface area contributed by atoms with Crippen LogP contribution >= 0.6 is 7.37 Å². The van der Waals surface area contributed by atoms with Crippen LogP contribution in [0.3, 0.4) is 0 Å². The van der Waals surface area contributed by atoms with Gasteiger partial charge in [0.15, 0.2) is 11.6 Å². The van der Waals surface area contributed by atoms with Gasteiger partial charge in [-0.1, -0.05) is 19.3 Å². The summed E-state index contributed by atoms with van der Waals surface area (Å²) in [4.78, 5) is 25.9. The Bertz CT molecular complexity index is 921. The van der Waals surface area contributed by atoms with Gasteiger partial charge in [-0.2, -0.15) is 0 Å². The molecule has 1 aromatic carbocycles. The summed E-state index contributed by atoms with van der Waals surface area (Å²) in [5.74, 6) is -1.86. The number of halogens is 2. The van der Waals surface area contributed by atoms with E-state index in [4.69, 9.17) is 9.26 Å². The summed E-state index contributed by atoms with van der Waals surface area (Å²) in [6.07, 6.45) is 4.39. The number of hydrogen-bond donors (Lipinski definition) is 1. The van der Waals surface area contributed by atoms with E-state index in [2.05, 4.69) is 5.32 Å². The molecule has 0 bridgehead atoms. The standard InChI is InChI=1S/C22H30F2N3O5P/c1-15(28)25-13-18-14-27(22(29)31-18)16-11-19(23)21(20(24)12-16)26-7-9-33(30,10-8-26)32-17-5-3-2-4-6-17/h11-12,17-18H,2-10,13-14H2,1H3,(H,25,28)/t18-/m0/s1. The van der Waals surface area contributed by atoms with E-state index in [1.165, 1.54) is 13.3 Å². The molecular formula is C22H30F2N3O5P. The van der Waals surface area contributed by atoms with Crippen molar-refractivity contribution in [3.63, 3.8) is 0 Å². The Morgan fingerprint density at radius 3 is 2.42 bits per heavy atom. The molecule has 2 aliphatic heterocycles. The van der Waals surface area contributed by atoms with E-state index in [1.54, 1.807) is 4.90 Å².